The van der Waals surface area contributed by atoms with E-state index in [1.165, 1.54) is 10.9 Å². The fourth-order valence-electron chi connectivity index (χ4n) is 3.11. The molecule has 0 fully saturated rings. The number of benzene rings is 2. The van der Waals surface area contributed by atoms with Crippen molar-refractivity contribution in [2.75, 3.05) is 0 Å². The largest absolute Gasteiger partial charge is 0.361 e. The van der Waals surface area contributed by atoms with Gasteiger partial charge in [0.1, 0.15) is 0 Å². The molecule has 2 N–H and O–H groups in total. The normalized spacial score (nSPS) is 17.2. The van der Waals surface area contributed by atoms with Crippen LogP contribution in [0.4, 0.5) is 0 Å². The summed E-state index contributed by atoms with van der Waals surface area (Å²) in [6.45, 7) is 2.10. The van der Waals surface area contributed by atoms with Crippen LogP contribution in [0.3, 0.4) is 0 Å². The molecule has 3 heteroatoms. The van der Waals surface area contributed by atoms with Gasteiger partial charge in [-0.1, -0.05) is 30.3 Å². The SMILES string of the molecule is Cc1cccc2[nH]cc([C@@H]3NC(=O)c4ccccc43)c12. The van der Waals surface area contributed by atoms with Crippen molar-refractivity contribution < 1.29 is 4.79 Å². The van der Waals surface area contributed by atoms with E-state index in [1.807, 2.05) is 36.5 Å². The van der Waals surface area contributed by atoms with Crippen molar-refractivity contribution in [2.24, 2.45) is 0 Å². The number of aromatic nitrogens is 1. The van der Waals surface area contributed by atoms with Gasteiger partial charge in [-0.15, -0.1) is 0 Å². The van der Waals surface area contributed by atoms with Crippen LogP contribution >= 0.6 is 0 Å². The molecule has 2 aromatic carbocycles. The molecular weight excluding hydrogens is 248 g/mol. The monoisotopic (exact) mass is 262 g/mol. The number of amides is 1. The summed E-state index contributed by atoms with van der Waals surface area (Å²) in [5.74, 6) is 0.00790. The molecule has 1 aromatic heterocycles. The first-order chi connectivity index (χ1) is 9.75. The van der Waals surface area contributed by atoms with E-state index in [-0.39, 0.29) is 11.9 Å². The number of hydrogen-bond donors (Lipinski definition) is 2. The van der Waals surface area contributed by atoms with Crippen molar-refractivity contribution >= 4 is 16.8 Å². The highest BCUT2D eigenvalue weighted by atomic mass is 16.2. The van der Waals surface area contributed by atoms with Crippen molar-refractivity contribution in [1.29, 1.82) is 0 Å². The Bertz CT molecular complexity index is 832. The summed E-state index contributed by atoms with van der Waals surface area (Å²) in [7, 11) is 0. The molecule has 0 aliphatic carbocycles. The van der Waals surface area contributed by atoms with E-state index in [2.05, 4.69) is 29.4 Å². The number of nitrogens with one attached hydrogen (secondary N) is 2. The Morgan fingerprint density at radius 2 is 1.85 bits per heavy atom. The third-order valence-electron chi connectivity index (χ3n) is 4.05. The molecule has 1 amide bonds. The first kappa shape index (κ1) is 11.3. The van der Waals surface area contributed by atoms with E-state index in [0.717, 1.165) is 22.2 Å². The van der Waals surface area contributed by atoms with Gasteiger partial charge in [-0.25, -0.2) is 0 Å². The molecule has 4 rings (SSSR count). The van der Waals surface area contributed by atoms with Gasteiger partial charge in [0.15, 0.2) is 0 Å². The van der Waals surface area contributed by atoms with Crippen LogP contribution in [0.2, 0.25) is 0 Å². The molecule has 0 bridgehead atoms. The summed E-state index contributed by atoms with van der Waals surface area (Å²) in [5, 5.41) is 4.29. The summed E-state index contributed by atoms with van der Waals surface area (Å²) in [4.78, 5) is 15.4. The zero-order chi connectivity index (χ0) is 13.7. The van der Waals surface area contributed by atoms with Crippen LogP contribution in [0.5, 0.6) is 0 Å². The lowest BCUT2D eigenvalue weighted by Gasteiger charge is -2.12. The van der Waals surface area contributed by atoms with Crippen LogP contribution in [0.25, 0.3) is 10.9 Å². The molecule has 20 heavy (non-hydrogen) atoms. The fourth-order valence-corrected chi connectivity index (χ4v) is 3.11. The van der Waals surface area contributed by atoms with Crippen molar-refractivity contribution in [3.8, 4) is 0 Å². The maximum atomic E-state index is 12.1. The van der Waals surface area contributed by atoms with Crippen molar-refractivity contribution in [2.45, 2.75) is 13.0 Å². The Balaban J connectivity index is 1.96. The number of carbonyl (C=O) groups excluding carboxylic acids is 1. The quantitative estimate of drug-likeness (QED) is 0.694. The third kappa shape index (κ3) is 1.43. The first-order valence-electron chi connectivity index (χ1n) is 6.72. The van der Waals surface area contributed by atoms with Crippen LogP contribution in [0.1, 0.15) is 33.1 Å². The van der Waals surface area contributed by atoms with Crippen LogP contribution < -0.4 is 5.32 Å². The second-order valence-electron chi connectivity index (χ2n) is 5.24. The predicted octanol–water partition coefficient (Wildman–Crippen LogP) is 3.31. The van der Waals surface area contributed by atoms with E-state index >= 15 is 0 Å². The topological polar surface area (TPSA) is 44.9 Å². The highest BCUT2D eigenvalue weighted by molar-refractivity contribution is 6.01. The van der Waals surface area contributed by atoms with E-state index in [0.29, 0.717) is 0 Å². The molecule has 0 unspecified atom stereocenters. The van der Waals surface area contributed by atoms with Crippen LogP contribution in [0.15, 0.2) is 48.7 Å². The molecule has 3 nitrogen and oxygen atoms in total. The zero-order valence-corrected chi connectivity index (χ0v) is 11.1. The van der Waals surface area contributed by atoms with E-state index in [4.69, 9.17) is 0 Å². The van der Waals surface area contributed by atoms with Crippen molar-refractivity contribution in [1.82, 2.24) is 10.3 Å². The van der Waals surface area contributed by atoms with E-state index < -0.39 is 0 Å². The second kappa shape index (κ2) is 3.97. The maximum absolute atomic E-state index is 12.1. The number of fused-ring (bicyclic) bond motifs is 2. The lowest BCUT2D eigenvalue weighted by atomic mass is 9.96. The minimum Gasteiger partial charge on any atom is -0.361 e. The summed E-state index contributed by atoms with van der Waals surface area (Å²) in [6.07, 6.45) is 2.00. The Morgan fingerprint density at radius 3 is 2.75 bits per heavy atom. The molecule has 1 atom stereocenters. The lowest BCUT2D eigenvalue weighted by molar-refractivity contribution is 0.0960. The predicted molar refractivity (Wildman–Crippen MR) is 78.8 cm³/mol. The number of rotatable bonds is 1. The summed E-state index contributed by atoms with van der Waals surface area (Å²) in [5.41, 5.74) is 5.30. The highest BCUT2D eigenvalue weighted by Crippen LogP contribution is 2.35. The number of H-pyrrole nitrogens is 1. The first-order valence-corrected chi connectivity index (χ1v) is 6.72. The molecule has 1 aliphatic heterocycles. The molecule has 0 saturated heterocycles. The van der Waals surface area contributed by atoms with Gasteiger partial charge in [-0.05, 0) is 30.2 Å². The molecule has 0 radical (unpaired) electrons. The second-order valence-corrected chi connectivity index (χ2v) is 5.24. The molecule has 2 heterocycles. The highest BCUT2D eigenvalue weighted by Gasteiger charge is 2.30. The standard InChI is InChI=1S/C17H14N2O/c1-10-5-4-8-14-15(10)13(9-18-14)16-11-6-2-3-7-12(11)17(20)19-16/h2-9,16,18H,1H3,(H,19,20)/t16-/m1/s1. The van der Waals surface area contributed by atoms with Gasteiger partial charge in [0.25, 0.3) is 5.91 Å². The van der Waals surface area contributed by atoms with Gasteiger partial charge in [0.2, 0.25) is 0 Å². The smallest absolute Gasteiger partial charge is 0.252 e. The third-order valence-corrected chi connectivity index (χ3v) is 4.05. The number of aryl methyl sites for hydroxylation is 1. The Morgan fingerprint density at radius 1 is 1.00 bits per heavy atom. The zero-order valence-electron chi connectivity index (χ0n) is 11.1. The van der Waals surface area contributed by atoms with Crippen molar-refractivity contribution in [3.63, 3.8) is 0 Å². The summed E-state index contributed by atoms with van der Waals surface area (Å²) >= 11 is 0. The van der Waals surface area contributed by atoms with Gasteiger partial charge in [-0.3, -0.25) is 4.79 Å². The Kier molecular flexibility index (Phi) is 2.24. The van der Waals surface area contributed by atoms with Crippen LogP contribution in [0, 0.1) is 6.92 Å². The average molecular weight is 262 g/mol. The Hall–Kier alpha value is -2.55. The molecule has 0 saturated carbocycles. The van der Waals surface area contributed by atoms with Gasteiger partial charge >= 0.3 is 0 Å². The van der Waals surface area contributed by atoms with Gasteiger partial charge in [-0.2, -0.15) is 0 Å². The number of aromatic amines is 1. The average Bonchev–Trinajstić information content (AvgIpc) is 3.02. The maximum Gasteiger partial charge on any atom is 0.252 e. The van der Waals surface area contributed by atoms with E-state index in [9.17, 15) is 4.79 Å². The van der Waals surface area contributed by atoms with Crippen LogP contribution in [-0.2, 0) is 0 Å². The lowest BCUT2D eigenvalue weighted by Crippen LogP contribution is -2.19. The summed E-state index contributed by atoms with van der Waals surface area (Å²) in [6, 6.07) is 13.9. The summed E-state index contributed by atoms with van der Waals surface area (Å²) < 4.78 is 0. The van der Waals surface area contributed by atoms with Gasteiger partial charge < -0.3 is 10.3 Å². The molecule has 3 aromatic rings. The van der Waals surface area contributed by atoms with E-state index in [1.54, 1.807) is 0 Å². The Labute approximate surface area is 116 Å². The number of hydrogen-bond acceptors (Lipinski definition) is 1. The molecule has 1 aliphatic rings. The molecular formula is C17H14N2O. The molecule has 98 valence electrons. The minimum absolute atomic E-state index is 0.00790. The number of carbonyl (C=O) groups is 1. The van der Waals surface area contributed by atoms with Gasteiger partial charge in [0, 0.05) is 28.2 Å². The minimum atomic E-state index is -0.0615. The van der Waals surface area contributed by atoms with Crippen LogP contribution in [-0.4, -0.2) is 10.9 Å². The van der Waals surface area contributed by atoms with Crippen molar-refractivity contribution in [3.05, 3.63) is 70.9 Å². The fraction of sp³-hybridized carbons (Fsp3) is 0.118. The molecule has 0 spiro atoms. The van der Waals surface area contributed by atoms with Gasteiger partial charge in [0.05, 0.1) is 6.04 Å².